The Hall–Kier alpha value is -3.98. The number of esters is 2. The lowest BCUT2D eigenvalue weighted by Gasteiger charge is -2.25. The number of methoxy groups -OCH3 is 1. The number of halogens is 2. The fourth-order valence-corrected chi connectivity index (χ4v) is 5.93. The summed E-state index contributed by atoms with van der Waals surface area (Å²) >= 11 is 13.9. The van der Waals surface area contributed by atoms with E-state index in [1.54, 1.807) is 55.5 Å². The predicted octanol–water partition coefficient (Wildman–Crippen LogP) is 5.07. The zero-order valence-electron chi connectivity index (χ0n) is 21.4. The minimum atomic E-state index is -0.852. The molecule has 1 aliphatic heterocycles. The first-order valence-electron chi connectivity index (χ1n) is 12.1. The number of allylic oxidation sites excluding steroid dienone is 1. The zero-order valence-corrected chi connectivity index (χ0v) is 23.7. The summed E-state index contributed by atoms with van der Waals surface area (Å²) in [6, 6.07) is 20.1. The molecule has 5 rings (SSSR count). The molecule has 0 saturated heterocycles. The molecule has 0 radical (unpaired) electrons. The third-order valence-electron chi connectivity index (χ3n) is 6.38. The van der Waals surface area contributed by atoms with Crippen molar-refractivity contribution in [1.82, 2.24) is 4.57 Å². The van der Waals surface area contributed by atoms with Gasteiger partial charge in [0.1, 0.15) is 6.61 Å². The maximum atomic E-state index is 13.8. The molecule has 1 aromatic heterocycles. The van der Waals surface area contributed by atoms with E-state index in [1.807, 2.05) is 30.3 Å². The quantitative estimate of drug-likeness (QED) is 0.292. The van der Waals surface area contributed by atoms with Crippen LogP contribution in [0.4, 0.5) is 0 Å². The van der Waals surface area contributed by atoms with Crippen LogP contribution in [0.5, 0.6) is 0 Å². The molecule has 1 unspecified atom stereocenters. The number of hydrogen-bond acceptors (Lipinski definition) is 7. The Morgan fingerprint density at radius 1 is 0.975 bits per heavy atom. The van der Waals surface area contributed by atoms with Gasteiger partial charge in [0.2, 0.25) is 0 Å². The van der Waals surface area contributed by atoms with Crippen LogP contribution in [0.15, 0.2) is 93.9 Å². The van der Waals surface area contributed by atoms with E-state index >= 15 is 0 Å². The number of thiazole rings is 1. The van der Waals surface area contributed by atoms with Gasteiger partial charge in [-0.3, -0.25) is 9.36 Å². The molecule has 1 atom stereocenters. The number of carbonyl (C=O) groups excluding carboxylic acids is 2. The van der Waals surface area contributed by atoms with Crippen molar-refractivity contribution in [3.05, 3.63) is 136 Å². The predicted molar refractivity (Wildman–Crippen MR) is 154 cm³/mol. The molecule has 0 spiro atoms. The van der Waals surface area contributed by atoms with Crippen molar-refractivity contribution in [2.24, 2.45) is 4.99 Å². The summed E-state index contributed by atoms with van der Waals surface area (Å²) in [5, 5.41) is 0.796. The number of carbonyl (C=O) groups is 2. The van der Waals surface area contributed by atoms with Crippen molar-refractivity contribution in [3.8, 4) is 0 Å². The van der Waals surface area contributed by atoms with Crippen molar-refractivity contribution >= 4 is 52.6 Å². The molecule has 2 heterocycles. The van der Waals surface area contributed by atoms with Crippen molar-refractivity contribution in [1.29, 1.82) is 0 Å². The molecule has 0 saturated carbocycles. The average molecular weight is 593 g/mol. The third kappa shape index (κ3) is 5.38. The Morgan fingerprint density at radius 2 is 1.65 bits per heavy atom. The van der Waals surface area contributed by atoms with Crippen LogP contribution >= 0.6 is 34.5 Å². The van der Waals surface area contributed by atoms with Gasteiger partial charge in [0, 0.05) is 15.6 Å². The molecule has 0 bridgehead atoms. The molecule has 202 valence electrons. The Bertz CT molecular complexity index is 1810. The van der Waals surface area contributed by atoms with Crippen molar-refractivity contribution in [3.63, 3.8) is 0 Å². The van der Waals surface area contributed by atoms with E-state index in [2.05, 4.69) is 4.99 Å². The van der Waals surface area contributed by atoms with Gasteiger partial charge in [-0.05, 0) is 48.4 Å². The number of nitrogens with zero attached hydrogens (tertiary/aromatic N) is 2. The first-order chi connectivity index (χ1) is 19.3. The van der Waals surface area contributed by atoms with Crippen molar-refractivity contribution in [2.45, 2.75) is 19.6 Å². The van der Waals surface area contributed by atoms with Gasteiger partial charge in [-0.2, -0.15) is 0 Å². The minimum absolute atomic E-state index is 0.0554. The monoisotopic (exact) mass is 592 g/mol. The lowest BCUT2D eigenvalue weighted by atomic mass is 9.95. The molecule has 10 heteroatoms. The highest BCUT2D eigenvalue weighted by Crippen LogP contribution is 2.31. The normalized spacial score (nSPS) is 14.9. The van der Waals surface area contributed by atoms with Gasteiger partial charge in [-0.15, -0.1) is 0 Å². The van der Waals surface area contributed by atoms with E-state index in [0.717, 1.165) is 16.9 Å². The summed E-state index contributed by atoms with van der Waals surface area (Å²) in [6.45, 7) is 1.76. The van der Waals surface area contributed by atoms with Gasteiger partial charge in [-0.1, -0.05) is 83.1 Å². The maximum absolute atomic E-state index is 13.8. The summed E-state index contributed by atoms with van der Waals surface area (Å²) in [5.74, 6) is -1.10. The van der Waals surface area contributed by atoms with E-state index in [1.165, 1.54) is 11.7 Å². The fraction of sp³-hybridized carbons (Fsp3) is 0.133. The molecule has 4 aromatic rings. The van der Waals surface area contributed by atoms with Crippen LogP contribution in [0, 0.1) is 0 Å². The Kier molecular flexibility index (Phi) is 8.02. The molecule has 0 N–H and O–H groups in total. The van der Waals surface area contributed by atoms with Crippen LogP contribution in [-0.4, -0.2) is 23.6 Å². The van der Waals surface area contributed by atoms with Crippen LogP contribution in [0.3, 0.4) is 0 Å². The van der Waals surface area contributed by atoms with Crippen molar-refractivity contribution in [2.75, 3.05) is 7.11 Å². The number of hydrogen-bond donors (Lipinski definition) is 0. The van der Waals surface area contributed by atoms with Crippen LogP contribution in [0.1, 0.15) is 40.0 Å². The summed E-state index contributed by atoms with van der Waals surface area (Å²) < 4.78 is 12.3. The van der Waals surface area contributed by atoms with Crippen LogP contribution in [0.25, 0.3) is 6.08 Å². The lowest BCUT2D eigenvalue weighted by Crippen LogP contribution is -2.40. The van der Waals surface area contributed by atoms with E-state index in [-0.39, 0.29) is 17.7 Å². The molecular formula is C30H22Cl2N2O5S. The molecule has 0 aliphatic carbocycles. The van der Waals surface area contributed by atoms with Crippen molar-refractivity contribution < 1.29 is 19.1 Å². The van der Waals surface area contributed by atoms with Gasteiger partial charge in [0.05, 0.1) is 34.5 Å². The van der Waals surface area contributed by atoms with Gasteiger partial charge < -0.3 is 9.47 Å². The second-order valence-corrected chi connectivity index (χ2v) is 10.7. The zero-order chi connectivity index (χ0) is 28.4. The van der Waals surface area contributed by atoms with Gasteiger partial charge in [0.25, 0.3) is 5.56 Å². The summed E-state index contributed by atoms with van der Waals surface area (Å²) in [5.41, 5.74) is 2.52. The second-order valence-electron chi connectivity index (χ2n) is 8.89. The lowest BCUT2D eigenvalue weighted by molar-refractivity contribution is -0.140. The first-order valence-corrected chi connectivity index (χ1v) is 13.7. The summed E-state index contributed by atoms with van der Waals surface area (Å²) in [7, 11) is 1.30. The summed E-state index contributed by atoms with van der Waals surface area (Å²) in [6.07, 6.45) is 1.62. The van der Waals surface area contributed by atoms with Crippen LogP contribution in [0.2, 0.25) is 10.0 Å². The maximum Gasteiger partial charge on any atom is 0.338 e. The topological polar surface area (TPSA) is 87.0 Å². The number of benzene rings is 3. The standard InChI is InChI=1S/C30H22Cl2N2O5S/c1-17-25(29(37)39-16-18-7-4-3-5-8-18)26(19-11-13-20(14-12-19)28(36)38-2)34-27(35)24(40-30(34)33-17)15-21-22(31)9-6-10-23(21)32/h3-15,26H,16H2,1-2H3. The van der Waals surface area contributed by atoms with Gasteiger partial charge in [0.15, 0.2) is 4.80 Å². The highest BCUT2D eigenvalue weighted by Gasteiger charge is 2.33. The van der Waals surface area contributed by atoms with Gasteiger partial charge >= 0.3 is 11.9 Å². The Balaban J connectivity index is 1.64. The number of rotatable bonds is 6. The molecule has 7 nitrogen and oxygen atoms in total. The molecule has 0 amide bonds. The highest BCUT2D eigenvalue weighted by molar-refractivity contribution is 7.07. The Morgan fingerprint density at radius 3 is 2.30 bits per heavy atom. The number of aromatic nitrogens is 1. The third-order valence-corrected chi connectivity index (χ3v) is 8.02. The van der Waals surface area contributed by atoms with Gasteiger partial charge in [-0.25, -0.2) is 14.6 Å². The van der Waals surface area contributed by atoms with E-state index < -0.39 is 18.0 Å². The average Bonchev–Trinajstić information content (AvgIpc) is 3.27. The van der Waals surface area contributed by atoms with Crippen LogP contribution < -0.4 is 14.9 Å². The molecule has 1 aliphatic rings. The molecule has 0 fully saturated rings. The van der Waals surface area contributed by atoms with E-state index in [4.69, 9.17) is 32.7 Å². The fourth-order valence-electron chi connectivity index (χ4n) is 4.40. The SMILES string of the molecule is COC(=O)c1ccc(C2C(C(=O)OCc3ccccc3)=C(C)N=c3sc(=Cc4c(Cl)cccc4Cl)c(=O)n32)cc1. The second kappa shape index (κ2) is 11.6. The molecule has 40 heavy (non-hydrogen) atoms. The largest absolute Gasteiger partial charge is 0.465 e. The Labute approximate surface area is 243 Å². The number of fused-ring (bicyclic) bond motifs is 1. The van der Waals surface area contributed by atoms with E-state index in [0.29, 0.717) is 41.8 Å². The molecular weight excluding hydrogens is 571 g/mol. The summed E-state index contributed by atoms with van der Waals surface area (Å²) in [4.78, 5) is 44.4. The smallest absolute Gasteiger partial charge is 0.338 e. The molecule has 3 aromatic carbocycles. The minimum Gasteiger partial charge on any atom is -0.465 e. The van der Waals surface area contributed by atoms with Crippen LogP contribution in [-0.2, 0) is 20.9 Å². The number of ether oxygens (including phenoxy) is 2. The van der Waals surface area contributed by atoms with E-state index in [9.17, 15) is 14.4 Å². The highest BCUT2D eigenvalue weighted by atomic mass is 35.5. The first kappa shape index (κ1) is 27.6.